The van der Waals surface area contributed by atoms with Crippen LogP contribution in [0.4, 0.5) is 0 Å². The summed E-state index contributed by atoms with van der Waals surface area (Å²) in [6, 6.07) is 16.1. The van der Waals surface area contributed by atoms with Gasteiger partial charge in [-0.2, -0.15) is 0 Å². The molecule has 1 saturated carbocycles. The van der Waals surface area contributed by atoms with Crippen LogP contribution in [0.2, 0.25) is 0 Å². The van der Waals surface area contributed by atoms with Crippen LogP contribution in [-0.4, -0.2) is 6.54 Å². The third-order valence-corrected chi connectivity index (χ3v) is 6.84. The van der Waals surface area contributed by atoms with E-state index in [1.54, 1.807) is 16.7 Å². The highest BCUT2D eigenvalue weighted by atomic mass is 35.5. The maximum atomic E-state index is 6.32. The molecule has 2 aliphatic carbocycles. The number of hydrogen-bond acceptors (Lipinski definition) is 1. The fourth-order valence-electron chi connectivity index (χ4n) is 5.26. The minimum Gasteiger partial charge on any atom is -0.330 e. The Labute approximate surface area is 164 Å². The Balaban J connectivity index is 0.00000196. The van der Waals surface area contributed by atoms with Crippen molar-refractivity contribution in [3.63, 3.8) is 0 Å². The van der Waals surface area contributed by atoms with E-state index in [0.29, 0.717) is 0 Å². The van der Waals surface area contributed by atoms with E-state index in [1.807, 2.05) is 0 Å². The van der Waals surface area contributed by atoms with E-state index in [1.165, 1.54) is 62.5 Å². The van der Waals surface area contributed by atoms with E-state index in [9.17, 15) is 0 Å². The second kappa shape index (κ2) is 8.15. The zero-order chi connectivity index (χ0) is 17.3. The first-order valence-corrected chi connectivity index (χ1v) is 10.1. The fourth-order valence-corrected chi connectivity index (χ4v) is 5.26. The predicted molar refractivity (Wildman–Crippen MR) is 113 cm³/mol. The molecular weight excluding hydrogens is 338 g/mol. The average molecular weight is 370 g/mol. The van der Waals surface area contributed by atoms with Crippen LogP contribution in [-0.2, 0) is 18.3 Å². The number of benzene rings is 2. The van der Waals surface area contributed by atoms with Gasteiger partial charge in [-0.25, -0.2) is 0 Å². The van der Waals surface area contributed by atoms with Crippen molar-refractivity contribution in [2.75, 3.05) is 6.54 Å². The molecule has 2 aromatic carbocycles. The SMILES string of the molecule is Cc1cccc([C@]2(CN)CC[C@@H](c3cccc4c3CCCC4)CC2)c1.Cl. The van der Waals surface area contributed by atoms with E-state index >= 15 is 0 Å². The predicted octanol–water partition coefficient (Wildman–Crippen LogP) is 5.85. The Morgan fingerprint density at radius 2 is 1.73 bits per heavy atom. The summed E-state index contributed by atoms with van der Waals surface area (Å²) in [7, 11) is 0. The van der Waals surface area contributed by atoms with Gasteiger partial charge in [-0.05, 0) is 86.5 Å². The summed E-state index contributed by atoms with van der Waals surface area (Å²) in [5.74, 6) is 0.734. The molecule has 2 aromatic rings. The van der Waals surface area contributed by atoms with Gasteiger partial charge in [0.25, 0.3) is 0 Å². The Morgan fingerprint density at radius 3 is 2.46 bits per heavy atom. The van der Waals surface area contributed by atoms with Crippen molar-refractivity contribution in [3.8, 4) is 0 Å². The number of nitrogens with two attached hydrogens (primary N) is 1. The van der Waals surface area contributed by atoms with E-state index in [2.05, 4.69) is 49.4 Å². The van der Waals surface area contributed by atoms with Gasteiger partial charge in [-0.15, -0.1) is 12.4 Å². The zero-order valence-corrected chi connectivity index (χ0v) is 16.8. The van der Waals surface area contributed by atoms with E-state index < -0.39 is 0 Å². The molecule has 4 rings (SSSR count). The number of halogens is 1. The summed E-state index contributed by atoms with van der Waals surface area (Å²) in [6.07, 6.45) is 10.3. The first-order valence-electron chi connectivity index (χ1n) is 10.1. The van der Waals surface area contributed by atoms with Gasteiger partial charge in [-0.1, -0.05) is 48.0 Å². The number of rotatable bonds is 3. The Bertz CT molecular complexity index is 744. The third kappa shape index (κ3) is 3.57. The maximum Gasteiger partial charge on any atom is 0.00761 e. The Morgan fingerprint density at radius 1 is 1.00 bits per heavy atom. The molecule has 0 radical (unpaired) electrons. The van der Waals surface area contributed by atoms with Crippen LogP contribution < -0.4 is 5.73 Å². The molecular formula is C24H32ClN. The molecule has 0 spiro atoms. The highest BCUT2D eigenvalue weighted by molar-refractivity contribution is 5.85. The lowest BCUT2D eigenvalue weighted by Gasteiger charge is -2.41. The van der Waals surface area contributed by atoms with Gasteiger partial charge < -0.3 is 5.73 Å². The van der Waals surface area contributed by atoms with Crippen molar-refractivity contribution in [2.45, 2.75) is 69.6 Å². The molecule has 0 bridgehead atoms. The molecule has 0 heterocycles. The normalized spacial score (nSPS) is 25.2. The first kappa shape index (κ1) is 19.5. The van der Waals surface area contributed by atoms with E-state index in [-0.39, 0.29) is 17.8 Å². The molecule has 140 valence electrons. The smallest absolute Gasteiger partial charge is 0.00761 e. The average Bonchev–Trinajstić information content (AvgIpc) is 2.68. The molecule has 1 nitrogen and oxygen atoms in total. The zero-order valence-electron chi connectivity index (χ0n) is 16.0. The summed E-state index contributed by atoms with van der Waals surface area (Å²) in [4.78, 5) is 0. The lowest BCUT2D eigenvalue weighted by molar-refractivity contribution is 0.275. The van der Waals surface area contributed by atoms with Gasteiger partial charge in [0.05, 0.1) is 0 Å². The van der Waals surface area contributed by atoms with E-state index in [4.69, 9.17) is 5.73 Å². The molecule has 0 aromatic heterocycles. The van der Waals surface area contributed by atoms with Crippen LogP contribution >= 0.6 is 12.4 Å². The van der Waals surface area contributed by atoms with Crippen molar-refractivity contribution in [1.82, 2.24) is 0 Å². The lowest BCUT2D eigenvalue weighted by atomic mass is 9.64. The lowest BCUT2D eigenvalue weighted by Crippen LogP contribution is -2.38. The first-order chi connectivity index (χ1) is 12.2. The standard InChI is InChI=1S/C24H31N.ClH/c1-18-6-4-9-21(16-18)24(17-25)14-12-20(13-15-24)23-11-5-8-19-7-2-3-10-22(19)23;/h4-6,8-9,11,16,20H,2-3,7,10,12-15,17,25H2,1H3;1H/t20-,24-;. The van der Waals surface area contributed by atoms with Gasteiger partial charge in [0.2, 0.25) is 0 Å². The maximum absolute atomic E-state index is 6.32. The number of aryl methyl sites for hydroxylation is 2. The quantitative estimate of drug-likeness (QED) is 0.721. The molecule has 1 fully saturated rings. The van der Waals surface area contributed by atoms with Crippen LogP contribution in [0.5, 0.6) is 0 Å². The van der Waals surface area contributed by atoms with Crippen molar-refractivity contribution < 1.29 is 0 Å². The van der Waals surface area contributed by atoms with Gasteiger partial charge >= 0.3 is 0 Å². The van der Waals surface area contributed by atoms with Crippen molar-refractivity contribution in [1.29, 1.82) is 0 Å². The molecule has 0 atom stereocenters. The van der Waals surface area contributed by atoms with Crippen LogP contribution in [0.3, 0.4) is 0 Å². The summed E-state index contributed by atoms with van der Waals surface area (Å²) in [5, 5.41) is 0. The third-order valence-electron chi connectivity index (χ3n) is 6.84. The van der Waals surface area contributed by atoms with Crippen LogP contribution in [0, 0.1) is 6.92 Å². The van der Waals surface area contributed by atoms with Crippen molar-refractivity contribution in [2.24, 2.45) is 5.73 Å². The topological polar surface area (TPSA) is 26.0 Å². The van der Waals surface area contributed by atoms with Gasteiger partial charge in [0.1, 0.15) is 0 Å². The van der Waals surface area contributed by atoms with Gasteiger partial charge in [0.15, 0.2) is 0 Å². The largest absolute Gasteiger partial charge is 0.330 e. The number of fused-ring (bicyclic) bond motifs is 1. The second-order valence-corrected chi connectivity index (χ2v) is 8.32. The van der Waals surface area contributed by atoms with Gasteiger partial charge in [0, 0.05) is 12.0 Å². The summed E-state index contributed by atoms with van der Waals surface area (Å²) >= 11 is 0. The Hall–Kier alpha value is -1.31. The molecule has 0 unspecified atom stereocenters. The molecule has 26 heavy (non-hydrogen) atoms. The molecule has 0 saturated heterocycles. The molecule has 2 N–H and O–H groups in total. The summed E-state index contributed by atoms with van der Waals surface area (Å²) in [5.41, 5.74) is 14.3. The molecule has 2 aliphatic rings. The van der Waals surface area contributed by atoms with Crippen LogP contribution in [0.25, 0.3) is 0 Å². The minimum absolute atomic E-state index is 0. The summed E-state index contributed by atoms with van der Waals surface area (Å²) < 4.78 is 0. The van der Waals surface area contributed by atoms with E-state index in [0.717, 1.165) is 12.5 Å². The fraction of sp³-hybridized carbons (Fsp3) is 0.500. The summed E-state index contributed by atoms with van der Waals surface area (Å²) in [6.45, 7) is 2.96. The van der Waals surface area contributed by atoms with Crippen LogP contribution in [0.15, 0.2) is 42.5 Å². The van der Waals surface area contributed by atoms with Crippen molar-refractivity contribution >= 4 is 12.4 Å². The molecule has 0 amide bonds. The Kier molecular flexibility index (Phi) is 6.10. The second-order valence-electron chi connectivity index (χ2n) is 8.32. The van der Waals surface area contributed by atoms with Gasteiger partial charge in [-0.3, -0.25) is 0 Å². The van der Waals surface area contributed by atoms with Crippen molar-refractivity contribution in [3.05, 3.63) is 70.3 Å². The van der Waals surface area contributed by atoms with Crippen LogP contribution in [0.1, 0.15) is 72.3 Å². The molecule has 0 aliphatic heterocycles. The minimum atomic E-state index is 0. The highest BCUT2D eigenvalue weighted by Gasteiger charge is 2.36. The monoisotopic (exact) mass is 369 g/mol. The molecule has 2 heteroatoms. The highest BCUT2D eigenvalue weighted by Crippen LogP contribution is 2.46. The number of hydrogen-bond donors (Lipinski definition) is 1.